The van der Waals surface area contributed by atoms with Crippen LogP contribution in [0.2, 0.25) is 0 Å². The summed E-state index contributed by atoms with van der Waals surface area (Å²) in [6.45, 7) is 3.93. The number of furan rings is 1. The Kier molecular flexibility index (Phi) is 7.00. The highest BCUT2D eigenvalue weighted by atomic mass is 32.2. The van der Waals surface area contributed by atoms with E-state index in [0.717, 1.165) is 28.8 Å². The minimum Gasteiger partial charge on any atom is -0.488 e. The van der Waals surface area contributed by atoms with Gasteiger partial charge in [0, 0.05) is 16.9 Å². The lowest BCUT2D eigenvalue weighted by Crippen LogP contribution is -2.03. The maximum atomic E-state index is 12.7. The van der Waals surface area contributed by atoms with Crippen LogP contribution in [0.4, 0.5) is 13.2 Å². The zero-order chi connectivity index (χ0) is 22.6. The minimum absolute atomic E-state index is 0.0327. The van der Waals surface area contributed by atoms with Crippen molar-refractivity contribution in [3.8, 4) is 17.1 Å². The number of rotatable bonds is 8. The predicted molar refractivity (Wildman–Crippen MR) is 113 cm³/mol. The average molecular weight is 450 g/mol. The molecular weight excluding hydrogens is 429 g/mol. The third-order valence-electron chi connectivity index (χ3n) is 4.65. The molecule has 2 aromatic carbocycles. The first-order valence-corrected chi connectivity index (χ1v) is 10.6. The van der Waals surface area contributed by atoms with E-state index in [2.05, 4.69) is 0 Å². The molecule has 0 saturated heterocycles. The van der Waals surface area contributed by atoms with Crippen LogP contribution < -0.4 is 4.74 Å². The highest BCUT2D eigenvalue weighted by Crippen LogP contribution is 2.32. The van der Waals surface area contributed by atoms with Crippen LogP contribution in [-0.2, 0) is 23.3 Å². The fraction of sp³-hybridized carbons (Fsp3) is 0.261. The van der Waals surface area contributed by atoms with Gasteiger partial charge in [0.05, 0.1) is 11.3 Å². The van der Waals surface area contributed by atoms with Crippen molar-refractivity contribution in [2.45, 2.75) is 32.4 Å². The molecule has 0 amide bonds. The Morgan fingerprint density at radius 1 is 1.10 bits per heavy atom. The summed E-state index contributed by atoms with van der Waals surface area (Å²) >= 11 is 1.31. The average Bonchev–Trinajstić information content (AvgIpc) is 3.08. The molecule has 8 heteroatoms. The largest absolute Gasteiger partial charge is 0.488 e. The summed E-state index contributed by atoms with van der Waals surface area (Å²) in [7, 11) is 0. The fourth-order valence-electron chi connectivity index (χ4n) is 2.93. The van der Waals surface area contributed by atoms with Crippen LogP contribution in [0.5, 0.6) is 5.75 Å². The number of hydrogen-bond acceptors (Lipinski definition) is 4. The number of alkyl halides is 3. The first-order valence-electron chi connectivity index (χ1n) is 9.42. The molecule has 0 bridgehead atoms. The van der Waals surface area contributed by atoms with Crippen molar-refractivity contribution >= 4 is 17.7 Å². The second-order valence-electron chi connectivity index (χ2n) is 7.04. The first kappa shape index (κ1) is 22.8. The predicted octanol–water partition coefficient (Wildman–Crippen LogP) is 6.48. The van der Waals surface area contributed by atoms with Crippen molar-refractivity contribution in [2.75, 3.05) is 5.75 Å². The maximum absolute atomic E-state index is 12.7. The van der Waals surface area contributed by atoms with Gasteiger partial charge < -0.3 is 14.3 Å². The molecule has 0 spiro atoms. The van der Waals surface area contributed by atoms with Gasteiger partial charge >= 0.3 is 12.1 Å². The number of carbonyl (C=O) groups is 1. The van der Waals surface area contributed by atoms with E-state index in [0.29, 0.717) is 28.6 Å². The van der Waals surface area contributed by atoms with Gasteiger partial charge in [-0.1, -0.05) is 24.3 Å². The molecule has 0 aliphatic rings. The second-order valence-corrected chi connectivity index (χ2v) is 8.03. The van der Waals surface area contributed by atoms with Crippen molar-refractivity contribution in [1.82, 2.24) is 0 Å². The van der Waals surface area contributed by atoms with E-state index >= 15 is 0 Å². The molecule has 1 N–H and O–H groups in total. The quantitative estimate of drug-likeness (QED) is 0.426. The topological polar surface area (TPSA) is 59.7 Å². The summed E-state index contributed by atoms with van der Waals surface area (Å²) in [5.74, 6) is 1.52. The Morgan fingerprint density at radius 3 is 2.45 bits per heavy atom. The smallest absolute Gasteiger partial charge is 0.416 e. The van der Waals surface area contributed by atoms with Crippen molar-refractivity contribution in [3.05, 3.63) is 76.5 Å². The van der Waals surface area contributed by atoms with Crippen molar-refractivity contribution in [3.63, 3.8) is 0 Å². The van der Waals surface area contributed by atoms with Gasteiger partial charge in [-0.2, -0.15) is 13.2 Å². The van der Waals surface area contributed by atoms with Crippen LogP contribution in [0, 0.1) is 13.8 Å². The van der Waals surface area contributed by atoms with Gasteiger partial charge in [-0.25, -0.2) is 0 Å². The first-order chi connectivity index (χ1) is 14.6. The number of thioether (sulfide) groups is 1. The SMILES string of the molecule is Cc1ccc(CSCC(=O)O)cc1OCc1cc(-c2ccc(C(F)(F)F)cc2)oc1C. The number of hydrogen-bond donors (Lipinski definition) is 1. The molecule has 31 heavy (non-hydrogen) atoms. The van der Waals surface area contributed by atoms with Crippen molar-refractivity contribution in [2.24, 2.45) is 0 Å². The molecule has 0 saturated carbocycles. The van der Waals surface area contributed by atoms with Gasteiger partial charge in [0.25, 0.3) is 0 Å². The van der Waals surface area contributed by atoms with E-state index in [-0.39, 0.29) is 12.4 Å². The van der Waals surface area contributed by atoms with Crippen LogP contribution in [0.3, 0.4) is 0 Å². The van der Waals surface area contributed by atoms with E-state index in [1.807, 2.05) is 25.1 Å². The van der Waals surface area contributed by atoms with Gasteiger partial charge in [-0.15, -0.1) is 11.8 Å². The summed E-state index contributed by atoms with van der Waals surface area (Å²) in [6, 6.07) is 12.3. The van der Waals surface area contributed by atoms with Gasteiger partial charge in [0.15, 0.2) is 0 Å². The van der Waals surface area contributed by atoms with Crippen LogP contribution >= 0.6 is 11.8 Å². The van der Waals surface area contributed by atoms with Crippen molar-refractivity contribution in [1.29, 1.82) is 0 Å². The Morgan fingerprint density at radius 2 is 1.81 bits per heavy atom. The minimum atomic E-state index is -4.38. The monoisotopic (exact) mass is 450 g/mol. The summed E-state index contributed by atoms with van der Waals surface area (Å²) in [4.78, 5) is 10.7. The molecule has 0 atom stereocenters. The molecule has 164 valence electrons. The highest BCUT2D eigenvalue weighted by molar-refractivity contribution is 7.99. The molecule has 3 aromatic rings. The van der Waals surface area contributed by atoms with Gasteiger partial charge in [0.1, 0.15) is 23.9 Å². The lowest BCUT2D eigenvalue weighted by Gasteiger charge is -2.10. The second kappa shape index (κ2) is 9.51. The van der Waals surface area contributed by atoms with E-state index < -0.39 is 17.7 Å². The summed E-state index contributed by atoms with van der Waals surface area (Å²) < 4.78 is 49.9. The Bertz CT molecular complexity index is 1060. The number of halogens is 3. The van der Waals surface area contributed by atoms with Crippen LogP contribution in [0.1, 0.15) is 28.0 Å². The maximum Gasteiger partial charge on any atom is 0.416 e. The molecule has 1 aromatic heterocycles. The molecule has 4 nitrogen and oxygen atoms in total. The van der Waals surface area contributed by atoms with E-state index in [4.69, 9.17) is 14.3 Å². The zero-order valence-electron chi connectivity index (χ0n) is 17.0. The zero-order valence-corrected chi connectivity index (χ0v) is 17.8. The molecule has 0 unspecified atom stereocenters. The Labute approximate surface area is 182 Å². The normalized spacial score (nSPS) is 11.5. The van der Waals surface area contributed by atoms with Crippen molar-refractivity contribution < 1.29 is 32.2 Å². The van der Waals surface area contributed by atoms with Gasteiger partial charge in [-0.3, -0.25) is 4.79 Å². The lowest BCUT2D eigenvalue weighted by molar-refractivity contribution is -0.137. The van der Waals surface area contributed by atoms with E-state index in [1.165, 1.54) is 23.9 Å². The molecule has 0 aliphatic heterocycles. The third-order valence-corrected chi connectivity index (χ3v) is 5.64. The number of benzene rings is 2. The standard InChI is InChI=1S/C23H21F3O4S/c1-14-3-4-16(12-31-13-22(27)28)9-20(14)29-11-18-10-21(30-15(18)2)17-5-7-19(8-6-17)23(24,25)26/h3-10H,11-13H2,1-2H3,(H,27,28). The number of carboxylic acid groups (broad SMARTS) is 1. The van der Waals surface area contributed by atoms with Crippen LogP contribution in [-0.4, -0.2) is 16.8 Å². The fourth-order valence-corrected chi connectivity index (χ4v) is 3.62. The molecule has 0 aliphatic carbocycles. The van der Waals surface area contributed by atoms with E-state index in [1.54, 1.807) is 13.0 Å². The number of aryl methyl sites for hydroxylation is 2. The number of ether oxygens (including phenoxy) is 1. The van der Waals surface area contributed by atoms with E-state index in [9.17, 15) is 18.0 Å². The molecule has 1 heterocycles. The van der Waals surface area contributed by atoms with Crippen LogP contribution in [0.25, 0.3) is 11.3 Å². The molecule has 0 radical (unpaired) electrons. The summed E-state index contributed by atoms with van der Waals surface area (Å²) in [5, 5.41) is 8.76. The molecule has 3 rings (SSSR count). The summed E-state index contributed by atoms with van der Waals surface area (Å²) in [5.41, 5.74) is 2.54. The van der Waals surface area contributed by atoms with Gasteiger partial charge in [0.2, 0.25) is 0 Å². The van der Waals surface area contributed by atoms with Gasteiger partial charge in [-0.05, 0) is 49.2 Å². The highest BCUT2D eigenvalue weighted by Gasteiger charge is 2.30. The lowest BCUT2D eigenvalue weighted by atomic mass is 10.1. The molecule has 0 fully saturated rings. The molecular formula is C23H21F3O4S. The number of carboxylic acids is 1. The summed E-state index contributed by atoms with van der Waals surface area (Å²) in [6.07, 6.45) is -4.38. The number of aliphatic carboxylic acids is 1. The third kappa shape index (κ3) is 6.07. The Hall–Kier alpha value is -2.87. The van der Waals surface area contributed by atoms with Crippen LogP contribution in [0.15, 0.2) is 52.9 Å². The Balaban J connectivity index is 1.69.